The molecule has 1 aromatic heterocycles. The van der Waals surface area contributed by atoms with Gasteiger partial charge in [-0.05, 0) is 38.0 Å². The molecule has 2 rings (SSSR count). The van der Waals surface area contributed by atoms with E-state index in [0.717, 1.165) is 22.2 Å². The van der Waals surface area contributed by atoms with Crippen molar-refractivity contribution >= 4 is 16.6 Å². The Bertz CT molecular complexity index is 580. The zero-order valence-corrected chi connectivity index (χ0v) is 10.7. The lowest BCUT2D eigenvalue weighted by Gasteiger charge is -2.13. The van der Waals surface area contributed by atoms with Crippen molar-refractivity contribution in [2.75, 3.05) is 11.9 Å². The van der Waals surface area contributed by atoms with Crippen LogP contribution in [0.15, 0.2) is 18.2 Å². The maximum atomic E-state index is 12.9. The Morgan fingerprint density at radius 1 is 1.28 bits per heavy atom. The molecule has 0 fully saturated rings. The molecule has 0 radical (unpaired) electrons. The van der Waals surface area contributed by atoms with Crippen LogP contribution in [0.1, 0.15) is 30.2 Å². The Morgan fingerprint density at radius 3 is 2.61 bits per heavy atom. The molecule has 0 amide bonds. The number of rotatable bonds is 3. The summed E-state index contributed by atoms with van der Waals surface area (Å²) in [6.45, 7) is 6.50. The summed E-state index contributed by atoms with van der Waals surface area (Å²) in [4.78, 5) is 4.09. The SMILES string of the molecule is CCNc1cc(C(F)F)nc2c(C)c(C)ccc12. The van der Waals surface area contributed by atoms with Crippen molar-refractivity contribution in [3.8, 4) is 0 Å². The van der Waals surface area contributed by atoms with Gasteiger partial charge in [0.05, 0.1) is 5.52 Å². The van der Waals surface area contributed by atoms with Crippen molar-refractivity contribution in [3.05, 3.63) is 35.0 Å². The predicted molar refractivity (Wildman–Crippen MR) is 70.3 cm³/mol. The summed E-state index contributed by atoms with van der Waals surface area (Å²) in [6, 6.07) is 5.35. The number of anilines is 1. The molecule has 0 unspecified atom stereocenters. The second kappa shape index (κ2) is 4.88. The Kier molecular flexibility index (Phi) is 3.45. The molecule has 0 aliphatic heterocycles. The van der Waals surface area contributed by atoms with Gasteiger partial charge in [0.15, 0.2) is 0 Å². The summed E-state index contributed by atoms with van der Waals surface area (Å²) in [6.07, 6.45) is -2.55. The van der Waals surface area contributed by atoms with Crippen molar-refractivity contribution in [2.45, 2.75) is 27.2 Å². The molecular weight excluding hydrogens is 234 g/mol. The fourth-order valence-corrected chi connectivity index (χ4v) is 2.00. The fraction of sp³-hybridized carbons (Fsp3) is 0.357. The monoisotopic (exact) mass is 250 g/mol. The van der Waals surface area contributed by atoms with Crippen LogP contribution in [0.5, 0.6) is 0 Å². The van der Waals surface area contributed by atoms with Crippen LogP contribution in [0.2, 0.25) is 0 Å². The fourth-order valence-electron chi connectivity index (χ4n) is 2.00. The van der Waals surface area contributed by atoms with Gasteiger partial charge in [0, 0.05) is 17.6 Å². The van der Waals surface area contributed by atoms with E-state index in [1.165, 1.54) is 6.07 Å². The Morgan fingerprint density at radius 2 is 2.00 bits per heavy atom. The highest BCUT2D eigenvalue weighted by atomic mass is 19.3. The van der Waals surface area contributed by atoms with E-state index in [4.69, 9.17) is 0 Å². The van der Waals surface area contributed by atoms with Crippen molar-refractivity contribution in [1.82, 2.24) is 4.98 Å². The molecule has 1 heterocycles. The zero-order chi connectivity index (χ0) is 13.3. The largest absolute Gasteiger partial charge is 0.385 e. The minimum atomic E-state index is -2.55. The van der Waals surface area contributed by atoms with Gasteiger partial charge in [-0.15, -0.1) is 0 Å². The Labute approximate surface area is 105 Å². The number of aryl methyl sites for hydroxylation is 2. The van der Waals surface area contributed by atoms with E-state index >= 15 is 0 Å². The molecule has 1 N–H and O–H groups in total. The first-order chi connectivity index (χ1) is 8.54. The van der Waals surface area contributed by atoms with Crippen LogP contribution in [-0.4, -0.2) is 11.5 Å². The number of nitrogens with zero attached hydrogens (tertiary/aromatic N) is 1. The molecule has 0 saturated heterocycles. The first-order valence-corrected chi connectivity index (χ1v) is 5.97. The smallest absolute Gasteiger partial charge is 0.280 e. The number of fused-ring (bicyclic) bond motifs is 1. The minimum Gasteiger partial charge on any atom is -0.385 e. The van der Waals surface area contributed by atoms with Gasteiger partial charge in [-0.25, -0.2) is 13.8 Å². The molecule has 0 aliphatic carbocycles. The molecule has 0 saturated carbocycles. The molecule has 0 bridgehead atoms. The van der Waals surface area contributed by atoms with Crippen LogP contribution in [0.25, 0.3) is 10.9 Å². The second-order valence-electron chi connectivity index (χ2n) is 4.33. The Hall–Kier alpha value is -1.71. The quantitative estimate of drug-likeness (QED) is 0.882. The highest BCUT2D eigenvalue weighted by Crippen LogP contribution is 2.30. The molecule has 1 aromatic carbocycles. The summed E-state index contributed by atoms with van der Waals surface area (Å²) in [7, 11) is 0. The van der Waals surface area contributed by atoms with E-state index in [9.17, 15) is 8.78 Å². The number of hydrogen-bond acceptors (Lipinski definition) is 2. The van der Waals surface area contributed by atoms with Crippen LogP contribution in [-0.2, 0) is 0 Å². The Balaban J connectivity index is 2.77. The van der Waals surface area contributed by atoms with Gasteiger partial charge in [0.1, 0.15) is 5.69 Å². The summed E-state index contributed by atoms with van der Waals surface area (Å²) in [5.41, 5.74) is 3.22. The maximum Gasteiger partial charge on any atom is 0.280 e. The zero-order valence-electron chi connectivity index (χ0n) is 10.7. The molecule has 0 spiro atoms. The number of pyridine rings is 1. The molecule has 2 aromatic rings. The number of benzene rings is 1. The minimum absolute atomic E-state index is 0.174. The van der Waals surface area contributed by atoms with E-state index in [-0.39, 0.29) is 5.69 Å². The van der Waals surface area contributed by atoms with E-state index in [1.54, 1.807) is 0 Å². The standard InChI is InChI=1S/C14H16F2N2/c1-4-17-11-7-12(14(15)16)18-13-9(3)8(2)5-6-10(11)13/h5-7,14H,4H2,1-3H3,(H,17,18). The highest BCUT2D eigenvalue weighted by Gasteiger charge is 2.14. The molecule has 2 nitrogen and oxygen atoms in total. The van der Waals surface area contributed by atoms with Crippen LogP contribution in [0, 0.1) is 13.8 Å². The van der Waals surface area contributed by atoms with Crippen LogP contribution >= 0.6 is 0 Å². The van der Waals surface area contributed by atoms with Gasteiger partial charge < -0.3 is 5.32 Å². The van der Waals surface area contributed by atoms with Gasteiger partial charge >= 0.3 is 0 Å². The van der Waals surface area contributed by atoms with E-state index in [1.807, 2.05) is 32.9 Å². The number of alkyl halides is 2. The van der Waals surface area contributed by atoms with Crippen molar-refractivity contribution in [1.29, 1.82) is 0 Å². The number of aromatic nitrogens is 1. The highest BCUT2D eigenvalue weighted by molar-refractivity contribution is 5.94. The normalized spacial score (nSPS) is 11.2. The molecule has 18 heavy (non-hydrogen) atoms. The third-order valence-corrected chi connectivity index (χ3v) is 3.12. The number of halogens is 2. The van der Waals surface area contributed by atoms with E-state index in [0.29, 0.717) is 12.1 Å². The lowest BCUT2D eigenvalue weighted by Crippen LogP contribution is -2.02. The van der Waals surface area contributed by atoms with Gasteiger partial charge in [0.2, 0.25) is 0 Å². The van der Waals surface area contributed by atoms with Gasteiger partial charge in [-0.1, -0.05) is 12.1 Å². The van der Waals surface area contributed by atoms with Gasteiger partial charge in [-0.3, -0.25) is 0 Å². The molecular formula is C14H16F2N2. The van der Waals surface area contributed by atoms with Crippen LogP contribution in [0.3, 0.4) is 0 Å². The van der Waals surface area contributed by atoms with Gasteiger partial charge in [-0.2, -0.15) is 0 Å². The molecule has 96 valence electrons. The van der Waals surface area contributed by atoms with Crippen molar-refractivity contribution in [2.24, 2.45) is 0 Å². The summed E-state index contributed by atoms with van der Waals surface area (Å²) in [5, 5.41) is 4.01. The van der Waals surface area contributed by atoms with Crippen molar-refractivity contribution in [3.63, 3.8) is 0 Å². The first-order valence-electron chi connectivity index (χ1n) is 5.97. The average Bonchev–Trinajstić information content (AvgIpc) is 2.34. The van der Waals surface area contributed by atoms with E-state index < -0.39 is 6.43 Å². The van der Waals surface area contributed by atoms with Crippen LogP contribution in [0.4, 0.5) is 14.5 Å². The number of hydrogen-bond donors (Lipinski definition) is 1. The third kappa shape index (κ3) is 2.15. The summed E-state index contributed by atoms with van der Waals surface area (Å²) >= 11 is 0. The lowest BCUT2D eigenvalue weighted by molar-refractivity contribution is 0.146. The molecule has 0 aliphatic rings. The van der Waals surface area contributed by atoms with E-state index in [2.05, 4.69) is 10.3 Å². The van der Waals surface area contributed by atoms with Gasteiger partial charge in [0.25, 0.3) is 6.43 Å². The van der Waals surface area contributed by atoms with Crippen LogP contribution < -0.4 is 5.32 Å². The average molecular weight is 250 g/mol. The number of nitrogens with one attached hydrogen (secondary N) is 1. The topological polar surface area (TPSA) is 24.9 Å². The summed E-state index contributed by atoms with van der Waals surface area (Å²) in [5.74, 6) is 0. The summed E-state index contributed by atoms with van der Waals surface area (Å²) < 4.78 is 25.7. The third-order valence-electron chi connectivity index (χ3n) is 3.12. The lowest BCUT2D eigenvalue weighted by atomic mass is 10.0. The predicted octanol–water partition coefficient (Wildman–Crippen LogP) is 4.22. The first kappa shape index (κ1) is 12.7. The maximum absolute atomic E-state index is 12.9. The molecule has 0 atom stereocenters. The molecule has 4 heteroatoms. The second-order valence-corrected chi connectivity index (χ2v) is 4.33. The van der Waals surface area contributed by atoms with Crippen molar-refractivity contribution < 1.29 is 8.78 Å².